The molecule has 114 valence electrons. The first kappa shape index (κ1) is 15.4. The molecule has 0 fully saturated rings. The number of benzene rings is 2. The summed E-state index contributed by atoms with van der Waals surface area (Å²) in [5.74, 6) is 0.595. The maximum absolute atomic E-state index is 13.5. The van der Waals surface area contributed by atoms with Crippen molar-refractivity contribution in [2.75, 3.05) is 5.75 Å². The Labute approximate surface area is 138 Å². The van der Waals surface area contributed by atoms with Gasteiger partial charge in [-0.05, 0) is 47.9 Å². The van der Waals surface area contributed by atoms with Crippen molar-refractivity contribution in [1.82, 2.24) is 5.32 Å². The first-order chi connectivity index (χ1) is 10.6. The summed E-state index contributed by atoms with van der Waals surface area (Å²) < 4.78 is 13.5. The molecule has 1 aliphatic rings. The summed E-state index contributed by atoms with van der Waals surface area (Å²) in [5, 5.41) is 3.66. The maximum Gasteiger partial charge on any atom is 0.224 e. The van der Waals surface area contributed by atoms with Crippen LogP contribution in [0.1, 0.15) is 23.6 Å². The van der Waals surface area contributed by atoms with Crippen molar-refractivity contribution in [1.29, 1.82) is 0 Å². The van der Waals surface area contributed by atoms with E-state index < -0.39 is 0 Å². The second-order valence-corrected chi connectivity index (χ2v) is 6.82. The second kappa shape index (κ2) is 6.71. The van der Waals surface area contributed by atoms with E-state index in [1.54, 1.807) is 30.0 Å². The number of carbonyl (C=O) groups is 1. The Bertz CT molecular complexity index is 690. The first-order valence-corrected chi connectivity index (χ1v) is 8.44. The van der Waals surface area contributed by atoms with Gasteiger partial charge in [0.05, 0.1) is 12.5 Å². The molecule has 2 nitrogen and oxygen atoms in total. The van der Waals surface area contributed by atoms with Gasteiger partial charge in [0.2, 0.25) is 5.91 Å². The number of nitrogens with one attached hydrogen (secondary N) is 1. The zero-order valence-corrected chi connectivity index (χ0v) is 13.4. The van der Waals surface area contributed by atoms with Crippen molar-refractivity contribution in [3.8, 4) is 0 Å². The van der Waals surface area contributed by atoms with Crippen molar-refractivity contribution >= 4 is 29.3 Å². The van der Waals surface area contributed by atoms with Gasteiger partial charge in [0.25, 0.3) is 0 Å². The molecular formula is C17H15ClFNOS. The summed E-state index contributed by atoms with van der Waals surface area (Å²) in [5.41, 5.74) is 1.78. The van der Waals surface area contributed by atoms with Crippen molar-refractivity contribution < 1.29 is 9.18 Å². The van der Waals surface area contributed by atoms with Crippen LogP contribution < -0.4 is 5.32 Å². The quantitative estimate of drug-likeness (QED) is 0.902. The Kier molecular flexibility index (Phi) is 4.69. The third-order valence-electron chi connectivity index (χ3n) is 3.62. The van der Waals surface area contributed by atoms with Gasteiger partial charge in [-0.25, -0.2) is 4.39 Å². The number of hydrogen-bond acceptors (Lipinski definition) is 2. The lowest BCUT2D eigenvalue weighted by atomic mass is 10.0. The molecule has 1 atom stereocenters. The van der Waals surface area contributed by atoms with Gasteiger partial charge in [0.1, 0.15) is 5.82 Å². The van der Waals surface area contributed by atoms with E-state index in [1.807, 2.05) is 12.1 Å². The highest BCUT2D eigenvalue weighted by Crippen LogP contribution is 2.36. The summed E-state index contributed by atoms with van der Waals surface area (Å²) in [6, 6.07) is 11.9. The molecule has 5 heteroatoms. The number of hydrogen-bond donors (Lipinski definition) is 1. The van der Waals surface area contributed by atoms with Gasteiger partial charge in [-0.15, -0.1) is 11.8 Å². The molecule has 0 aromatic heterocycles. The Balaban J connectivity index is 1.70. The van der Waals surface area contributed by atoms with Gasteiger partial charge in [-0.2, -0.15) is 0 Å². The molecule has 0 spiro atoms. The highest BCUT2D eigenvalue weighted by Gasteiger charge is 2.22. The zero-order valence-electron chi connectivity index (χ0n) is 11.8. The fourth-order valence-corrected chi connectivity index (χ4v) is 3.78. The molecule has 1 unspecified atom stereocenters. The largest absolute Gasteiger partial charge is 0.349 e. The second-order valence-electron chi connectivity index (χ2n) is 5.24. The molecule has 2 aromatic carbocycles. The lowest BCUT2D eigenvalue weighted by molar-refractivity contribution is -0.121. The van der Waals surface area contributed by atoms with Gasteiger partial charge >= 0.3 is 0 Å². The monoisotopic (exact) mass is 335 g/mol. The van der Waals surface area contributed by atoms with Crippen LogP contribution in [0.2, 0.25) is 5.02 Å². The van der Waals surface area contributed by atoms with Crippen LogP contribution in [-0.2, 0) is 11.2 Å². The average Bonchev–Trinajstić information content (AvgIpc) is 2.50. The van der Waals surface area contributed by atoms with Crippen LogP contribution >= 0.6 is 23.4 Å². The van der Waals surface area contributed by atoms with Gasteiger partial charge in [0, 0.05) is 15.7 Å². The standard InChI is InChI=1S/C17H15ClFNOS/c18-12-3-1-11(2-4-12)9-17(21)20-15-7-8-22-16-6-5-13(19)10-14(15)16/h1-6,10,15H,7-9H2,(H,20,21). The highest BCUT2D eigenvalue weighted by atomic mass is 35.5. The summed E-state index contributed by atoms with van der Waals surface area (Å²) in [6.07, 6.45) is 1.11. The molecule has 22 heavy (non-hydrogen) atoms. The summed E-state index contributed by atoms with van der Waals surface area (Å²) in [4.78, 5) is 13.3. The van der Waals surface area contributed by atoms with E-state index in [-0.39, 0.29) is 17.8 Å². The fourth-order valence-electron chi connectivity index (χ4n) is 2.55. The van der Waals surface area contributed by atoms with Gasteiger partial charge < -0.3 is 5.32 Å². The molecule has 2 aromatic rings. The molecule has 0 saturated heterocycles. The number of carbonyl (C=O) groups excluding carboxylic acids is 1. The highest BCUT2D eigenvalue weighted by molar-refractivity contribution is 7.99. The molecule has 0 bridgehead atoms. The molecule has 1 N–H and O–H groups in total. The average molecular weight is 336 g/mol. The van der Waals surface area contributed by atoms with Gasteiger partial charge in [-0.1, -0.05) is 23.7 Å². The predicted molar refractivity (Wildman–Crippen MR) is 87.8 cm³/mol. The van der Waals surface area contributed by atoms with Crippen LogP contribution in [0.4, 0.5) is 4.39 Å². The lowest BCUT2D eigenvalue weighted by Crippen LogP contribution is -2.31. The van der Waals surface area contributed by atoms with Crippen LogP contribution in [0.3, 0.4) is 0 Å². The van der Waals surface area contributed by atoms with E-state index in [1.165, 1.54) is 12.1 Å². The van der Waals surface area contributed by atoms with Crippen molar-refractivity contribution in [3.05, 3.63) is 64.4 Å². The topological polar surface area (TPSA) is 29.1 Å². The Morgan fingerprint density at radius 3 is 2.82 bits per heavy atom. The Morgan fingerprint density at radius 1 is 1.27 bits per heavy atom. The minimum Gasteiger partial charge on any atom is -0.349 e. The van der Waals surface area contributed by atoms with E-state index in [4.69, 9.17) is 11.6 Å². The Hall–Kier alpha value is -1.52. The molecule has 1 heterocycles. The number of thioether (sulfide) groups is 1. The first-order valence-electron chi connectivity index (χ1n) is 7.08. The van der Waals surface area contributed by atoms with E-state index in [0.717, 1.165) is 28.2 Å². The summed E-state index contributed by atoms with van der Waals surface area (Å²) >= 11 is 7.54. The van der Waals surface area contributed by atoms with Crippen molar-refractivity contribution in [2.24, 2.45) is 0 Å². The summed E-state index contributed by atoms with van der Waals surface area (Å²) in [7, 11) is 0. The number of halogens is 2. The molecule has 3 rings (SSSR count). The number of amides is 1. The fraction of sp³-hybridized carbons (Fsp3) is 0.235. The smallest absolute Gasteiger partial charge is 0.224 e. The van der Waals surface area contributed by atoms with Crippen LogP contribution in [0.5, 0.6) is 0 Å². The molecular weight excluding hydrogens is 321 g/mol. The van der Waals surface area contributed by atoms with Crippen molar-refractivity contribution in [3.63, 3.8) is 0 Å². The third-order valence-corrected chi connectivity index (χ3v) is 5.00. The van der Waals surface area contributed by atoms with Crippen LogP contribution in [0.15, 0.2) is 47.4 Å². The minimum absolute atomic E-state index is 0.0607. The number of rotatable bonds is 3. The predicted octanol–water partition coefficient (Wildman–Crippen LogP) is 4.37. The minimum atomic E-state index is -0.266. The lowest BCUT2D eigenvalue weighted by Gasteiger charge is -2.26. The van der Waals surface area contributed by atoms with E-state index >= 15 is 0 Å². The van der Waals surface area contributed by atoms with E-state index in [2.05, 4.69) is 5.32 Å². The van der Waals surface area contributed by atoms with E-state index in [0.29, 0.717) is 11.4 Å². The molecule has 1 aliphatic heterocycles. The SMILES string of the molecule is O=C(Cc1ccc(Cl)cc1)NC1CCSc2ccc(F)cc21. The maximum atomic E-state index is 13.5. The molecule has 1 amide bonds. The van der Waals surface area contributed by atoms with Crippen LogP contribution in [-0.4, -0.2) is 11.7 Å². The number of fused-ring (bicyclic) bond motifs is 1. The zero-order chi connectivity index (χ0) is 15.5. The van der Waals surface area contributed by atoms with Crippen molar-refractivity contribution in [2.45, 2.75) is 23.8 Å². The van der Waals surface area contributed by atoms with Crippen LogP contribution in [0.25, 0.3) is 0 Å². The molecule has 0 aliphatic carbocycles. The van der Waals surface area contributed by atoms with Crippen LogP contribution in [0, 0.1) is 5.82 Å². The Morgan fingerprint density at radius 2 is 2.05 bits per heavy atom. The van der Waals surface area contributed by atoms with Gasteiger partial charge in [0.15, 0.2) is 0 Å². The summed E-state index contributed by atoms with van der Waals surface area (Å²) in [6.45, 7) is 0. The normalized spacial score (nSPS) is 16.9. The molecule has 0 saturated carbocycles. The third kappa shape index (κ3) is 3.62. The van der Waals surface area contributed by atoms with E-state index in [9.17, 15) is 9.18 Å². The van der Waals surface area contributed by atoms with Gasteiger partial charge in [-0.3, -0.25) is 4.79 Å². The molecule has 0 radical (unpaired) electrons.